The molecule has 74 valence electrons. The van der Waals surface area contributed by atoms with Crippen LogP contribution in [0.5, 0.6) is 0 Å². The first-order chi connectivity index (χ1) is 6.77. The molecule has 0 radical (unpaired) electrons. The van der Waals surface area contributed by atoms with Crippen LogP contribution in [0, 0.1) is 11.3 Å². The van der Waals surface area contributed by atoms with Crippen molar-refractivity contribution in [3.63, 3.8) is 0 Å². The lowest BCUT2D eigenvalue weighted by Crippen LogP contribution is -2.39. The third-order valence-electron chi connectivity index (χ3n) is 2.88. The van der Waals surface area contributed by atoms with Gasteiger partial charge in [0.1, 0.15) is 5.41 Å². The number of aryl methyl sites for hydroxylation is 1. The third kappa shape index (κ3) is 1.40. The Kier molecular flexibility index (Phi) is 2.26. The van der Waals surface area contributed by atoms with Crippen molar-refractivity contribution in [1.82, 2.24) is 15.1 Å². The predicted octanol–water partition coefficient (Wildman–Crippen LogP) is 0.565. The molecule has 4 nitrogen and oxygen atoms in total. The van der Waals surface area contributed by atoms with Crippen LogP contribution in [0.25, 0.3) is 0 Å². The van der Waals surface area contributed by atoms with Crippen LogP contribution in [0.2, 0.25) is 0 Å². The summed E-state index contributed by atoms with van der Waals surface area (Å²) in [6.45, 7) is 1.81. The molecular formula is C10H14N4. The Bertz CT molecular complexity index is 354. The monoisotopic (exact) mass is 190 g/mol. The molecule has 0 bridgehead atoms. The van der Waals surface area contributed by atoms with Crippen LogP contribution in [0.4, 0.5) is 0 Å². The minimum Gasteiger partial charge on any atom is -0.317 e. The highest BCUT2D eigenvalue weighted by Crippen LogP contribution is 2.31. The van der Waals surface area contributed by atoms with Crippen molar-refractivity contribution < 1.29 is 0 Å². The van der Waals surface area contributed by atoms with Crippen molar-refractivity contribution >= 4 is 0 Å². The van der Waals surface area contributed by atoms with Crippen LogP contribution in [0.15, 0.2) is 12.3 Å². The van der Waals surface area contributed by atoms with Gasteiger partial charge in [-0.05, 0) is 32.0 Å². The van der Waals surface area contributed by atoms with E-state index in [9.17, 15) is 5.26 Å². The number of hydrogen-bond acceptors (Lipinski definition) is 3. The lowest BCUT2D eigenvalue weighted by atomic mass is 9.78. The van der Waals surface area contributed by atoms with Gasteiger partial charge in [-0.3, -0.25) is 4.68 Å². The zero-order chi connectivity index (χ0) is 10.0. The minimum absolute atomic E-state index is 0.355. The van der Waals surface area contributed by atoms with Gasteiger partial charge in [0.05, 0.1) is 11.8 Å². The van der Waals surface area contributed by atoms with Crippen molar-refractivity contribution in [2.75, 3.05) is 13.1 Å². The molecule has 0 spiro atoms. The van der Waals surface area contributed by atoms with Crippen molar-refractivity contribution in [2.45, 2.75) is 18.3 Å². The fourth-order valence-corrected chi connectivity index (χ4v) is 1.95. The minimum atomic E-state index is -0.355. The third-order valence-corrected chi connectivity index (χ3v) is 2.88. The van der Waals surface area contributed by atoms with Crippen LogP contribution >= 0.6 is 0 Å². The molecule has 1 saturated heterocycles. The summed E-state index contributed by atoms with van der Waals surface area (Å²) < 4.78 is 1.76. The van der Waals surface area contributed by atoms with Gasteiger partial charge < -0.3 is 5.32 Å². The fraction of sp³-hybridized carbons (Fsp3) is 0.600. The van der Waals surface area contributed by atoms with E-state index in [2.05, 4.69) is 16.5 Å². The van der Waals surface area contributed by atoms with Gasteiger partial charge in [0.25, 0.3) is 0 Å². The molecule has 0 atom stereocenters. The Balaban J connectivity index is 2.32. The van der Waals surface area contributed by atoms with Gasteiger partial charge in [0, 0.05) is 13.2 Å². The lowest BCUT2D eigenvalue weighted by molar-refractivity contribution is 0.372. The van der Waals surface area contributed by atoms with Crippen molar-refractivity contribution in [3.8, 4) is 6.07 Å². The van der Waals surface area contributed by atoms with E-state index in [1.807, 2.05) is 19.3 Å². The van der Waals surface area contributed by atoms with Crippen LogP contribution in [-0.4, -0.2) is 22.9 Å². The number of nitrogens with one attached hydrogen (secondary N) is 1. The summed E-state index contributed by atoms with van der Waals surface area (Å²) in [6.07, 6.45) is 3.62. The number of aromatic nitrogens is 2. The average molecular weight is 190 g/mol. The maximum absolute atomic E-state index is 9.28. The Morgan fingerprint density at radius 1 is 1.57 bits per heavy atom. The maximum atomic E-state index is 9.28. The summed E-state index contributed by atoms with van der Waals surface area (Å²) in [5.41, 5.74) is 0.566. The molecule has 0 unspecified atom stereocenters. The van der Waals surface area contributed by atoms with Gasteiger partial charge in [-0.2, -0.15) is 10.4 Å². The zero-order valence-electron chi connectivity index (χ0n) is 8.32. The molecule has 1 fully saturated rings. The van der Waals surface area contributed by atoms with Crippen LogP contribution in [-0.2, 0) is 12.5 Å². The van der Waals surface area contributed by atoms with E-state index in [1.54, 1.807) is 4.68 Å². The number of piperidine rings is 1. The molecule has 1 aromatic heterocycles. The molecule has 2 rings (SSSR count). The van der Waals surface area contributed by atoms with Gasteiger partial charge in [-0.15, -0.1) is 0 Å². The Labute approximate surface area is 83.5 Å². The second kappa shape index (κ2) is 3.43. The molecule has 1 aliphatic heterocycles. The first kappa shape index (κ1) is 9.22. The normalized spacial score (nSPS) is 20.3. The number of hydrogen-bond donors (Lipinski definition) is 1. The summed E-state index contributed by atoms with van der Waals surface area (Å²) in [7, 11) is 1.88. The molecule has 1 aliphatic rings. The van der Waals surface area contributed by atoms with E-state index in [-0.39, 0.29) is 5.41 Å². The van der Waals surface area contributed by atoms with E-state index in [0.29, 0.717) is 0 Å². The highest BCUT2D eigenvalue weighted by atomic mass is 15.3. The maximum Gasteiger partial charge on any atom is 0.104 e. The van der Waals surface area contributed by atoms with Crippen LogP contribution in [0.3, 0.4) is 0 Å². The highest BCUT2D eigenvalue weighted by molar-refractivity contribution is 5.26. The fourth-order valence-electron chi connectivity index (χ4n) is 1.95. The summed E-state index contributed by atoms with van der Waals surface area (Å²) in [5.74, 6) is 0. The van der Waals surface area contributed by atoms with Crippen LogP contribution in [0.1, 0.15) is 18.5 Å². The standard InChI is InChI=1S/C10H14N4/c1-14-7-2-9(13-14)10(8-11)3-5-12-6-4-10/h2,7,12H,3-6H2,1H3. The van der Waals surface area contributed by atoms with Gasteiger partial charge in [-0.1, -0.05) is 0 Å². The molecule has 0 aromatic carbocycles. The van der Waals surface area contributed by atoms with Crippen LogP contribution < -0.4 is 5.32 Å². The van der Waals surface area contributed by atoms with E-state index in [0.717, 1.165) is 31.6 Å². The first-order valence-electron chi connectivity index (χ1n) is 4.89. The molecule has 4 heteroatoms. The number of rotatable bonds is 1. The molecule has 0 amide bonds. The number of nitriles is 1. The summed E-state index contributed by atoms with van der Waals surface area (Å²) >= 11 is 0. The second-order valence-corrected chi connectivity index (χ2v) is 3.82. The molecule has 1 aromatic rings. The predicted molar refractivity (Wildman–Crippen MR) is 52.6 cm³/mol. The molecule has 14 heavy (non-hydrogen) atoms. The Morgan fingerprint density at radius 2 is 2.29 bits per heavy atom. The van der Waals surface area contributed by atoms with E-state index in [4.69, 9.17) is 0 Å². The van der Waals surface area contributed by atoms with Crippen molar-refractivity contribution in [2.24, 2.45) is 7.05 Å². The Hall–Kier alpha value is -1.34. The highest BCUT2D eigenvalue weighted by Gasteiger charge is 2.35. The van der Waals surface area contributed by atoms with E-state index < -0.39 is 0 Å². The SMILES string of the molecule is Cn1ccc(C2(C#N)CCNCC2)n1. The first-order valence-corrected chi connectivity index (χ1v) is 4.89. The lowest BCUT2D eigenvalue weighted by Gasteiger charge is -2.29. The quantitative estimate of drug-likeness (QED) is 0.704. The Morgan fingerprint density at radius 3 is 2.79 bits per heavy atom. The smallest absolute Gasteiger partial charge is 0.104 e. The zero-order valence-corrected chi connectivity index (χ0v) is 8.32. The molecule has 0 saturated carbocycles. The molecule has 0 aliphatic carbocycles. The van der Waals surface area contributed by atoms with Gasteiger partial charge in [-0.25, -0.2) is 0 Å². The van der Waals surface area contributed by atoms with E-state index in [1.165, 1.54) is 0 Å². The van der Waals surface area contributed by atoms with Crippen molar-refractivity contribution in [3.05, 3.63) is 18.0 Å². The van der Waals surface area contributed by atoms with Gasteiger partial charge in [0.15, 0.2) is 0 Å². The largest absolute Gasteiger partial charge is 0.317 e. The molecular weight excluding hydrogens is 176 g/mol. The topological polar surface area (TPSA) is 53.6 Å². The summed E-state index contributed by atoms with van der Waals surface area (Å²) in [4.78, 5) is 0. The number of nitrogens with zero attached hydrogens (tertiary/aromatic N) is 3. The van der Waals surface area contributed by atoms with Gasteiger partial charge >= 0.3 is 0 Å². The van der Waals surface area contributed by atoms with E-state index >= 15 is 0 Å². The average Bonchev–Trinajstić information content (AvgIpc) is 2.66. The summed E-state index contributed by atoms with van der Waals surface area (Å²) in [6, 6.07) is 4.38. The molecule has 2 heterocycles. The molecule has 1 N–H and O–H groups in total. The second-order valence-electron chi connectivity index (χ2n) is 3.82. The summed E-state index contributed by atoms with van der Waals surface area (Å²) in [5, 5.41) is 16.9. The van der Waals surface area contributed by atoms with Crippen molar-refractivity contribution in [1.29, 1.82) is 5.26 Å². The van der Waals surface area contributed by atoms with Gasteiger partial charge in [0.2, 0.25) is 0 Å².